The van der Waals surface area contributed by atoms with Crippen LogP contribution < -0.4 is 0 Å². The molecule has 1 heterocycles. The number of rotatable bonds is 6. The molecule has 0 radical (unpaired) electrons. The summed E-state index contributed by atoms with van der Waals surface area (Å²) in [7, 11) is 0. The van der Waals surface area contributed by atoms with E-state index < -0.39 is 0 Å². The zero-order valence-corrected chi connectivity index (χ0v) is 8.81. The van der Waals surface area contributed by atoms with E-state index in [-0.39, 0.29) is 19.0 Å². The van der Waals surface area contributed by atoms with Crippen molar-refractivity contribution >= 4 is 12.4 Å². The van der Waals surface area contributed by atoms with Gasteiger partial charge in [-0.05, 0) is 25.7 Å². The number of hydrogen-bond acceptors (Lipinski definition) is 4. The molecular formula is C10H17NO4. The van der Waals surface area contributed by atoms with Gasteiger partial charge in [0.05, 0.1) is 6.61 Å². The molecule has 0 aromatic rings. The number of piperidine rings is 1. The topological polar surface area (TPSA) is 55.8 Å². The zero-order chi connectivity index (χ0) is 10.9. The Morgan fingerprint density at radius 2 is 2.00 bits per heavy atom. The lowest BCUT2D eigenvalue weighted by Gasteiger charge is -2.26. The Bertz CT molecular complexity index is 202. The van der Waals surface area contributed by atoms with Crippen LogP contribution in [0.2, 0.25) is 0 Å². The van der Waals surface area contributed by atoms with E-state index in [1.54, 1.807) is 0 Å². The summed E-state index contributed by atoms with van der Waals surface area (Å²) in [6, 6.07) is 0. The van der Waals surface area contributed by atoms with Crippen molar-refractivity contribution in [3.05, 3.63) is 0 Å². The first-order chi connectivity index (χ1) is 7.34. The Hall–Kier alpha value is -1.10. The van der Waals surface area contributed by atoms with Crippen LogP contribution in [-0.4, -0.2) is 37.0 Å². The van der Waals surface area contributed by atoms with Crippen LogP contribution in [0, 0.1) is 0 Å². The summed E-state index contributed by atoms with van der Waals surface area (Å²) < 4.78 is 0. The van der Waals surface area contributed by atoms with Gasteiger partial charge in [0.25, 0.3) is 0 Å². The van der Waals surface area contributed by atoms with Crippen molar-refractivity contribution < 1.29 is 19.4 Å². The van der Waals surface area contributed by atoms with Crippen LogP contribution in [0.3, 0.4) is 0 Å². The predicted molar refractivity (Wildman–Crippen MR) is 52.8 cm³/mol. The van der Waals surface area contributed by atoms with Crippen LogP contribution >= 0.6 is 0 Å². The van der Waals surface area contributed by atoms with Gasteiger partial charge in [0.1, 0.15) is 0 Å². The fourth-order valence-corrected chi connectivity index (χ4v) is 1.66. The highest BCUT2D eigenvalue weighted by molar-refractivity contribution is 5.76. The van der Waals surface area contributed by atoms with E-state index in [1.165, 1.54) is 6.42 Å². The lowest BCUT2D eigenvalue weighted by molar-refractivity contribution is -0.259. The van der Waals surface area contributed by atoms with Crippen LogP contribution in [-0.2, 0) is 19.4 Å². The molecule has 0 aromatic carbocycles. The Morgan fingerprint density at radius 3 is 2.67 bits per heavy atom. The Kier molecular flexibility index (Phi) is 5.77. The number of nitrogens with zero attached hydrogens (tertiary/aromatic N) is 1. The molecule has 1 aliphatic rings. The standard InChI is InChI=1S/C10H17NO4/c12-9-15-14-8-4-5-10(13)11-6-2-1-3-7-11/h9H,1-8H2. The van der Waals surface area contributed by atoms with E-state index in [4.69, 9.17) is 0 Å². The second kappa shape index (κ2) is 7.23. The van der Waals surface area contributed by atoms with Crippen molar-refractivity contribution in [2.24, 2.45) is 0 Å². The summed E-state index contributed by atoms with van der Waals surface area (Å²) in [4.78, 5) is 31.7. The third kappa shape index (κ3) is 4.78. The fraction of sp³-hybridized carbons (Fsp3) is 0.800. The molecule has 0 bridgehead atoms. The van der Waals surface area contributed by atoms with Crippen molar-refractivity contribution in [3.8, 4) is 0 Å². The molecule has 1 rings (SSSR count). The van der Waals surface area contributed by atoms with Gasteiger partial charge in [-0.2, -0.15) is 4.89 Å². The van der Waals surface area contributed by atoms with Gasteiger partial charge in [0.2, 0.25) is 5.91 Å². The molecule has 0 saturated carbocycles. The minimum absolute atomic E-state index is 0.171. The zero-order valence-electron chi connectivity index (χ0n) is 8.81. The summed E-state index contributed by atoms with van der Waals surface area (Å²) in [6.45, 7) is 2.26. The Balaban J connectivity index is 2.04. The van der Waals surface area contributed by atoms with Crippen LogP contribution in [0.1, 0.15) is 32.1 Å². The van der Waals surface area contributed by atoms with Crippen LogP contribution in [0.4, 0.5) is 0 Å². The summed E-state index contributed by atoms with van der Waals surface area (Å²) in [6.07, 6.45) is 4.48. The molecule has 5 heteroatoms. The van der Waals surface area contributed by atoms with Crippen LogP contribution in [0.5, 0.6) is 0 Å². The van der Waals surface area contributed by atoms with Gasteiger partial charge >= 0.3 is 6.47 Å². The van der Waals surface area contributed by atoms with Crippen molar-refractivity contribution in [2.45, 2.75) is 32.1 Å². The van der Waals surface area contributed by atoms with Gasteiger partial charge in [-0.15, -0.1) is 0 Å². The molecule has 0 atom stereocenters. The maximum absolute atomic E-state index is 11.6. The van der Waals surface area contributed by atoms with E-state index in [0.717, 1.165) is 25.9 Å². The third-order valence-corrected chi connectivity index (χ3v) is 2.43. The molecule has 1 aliphatic heterocycles. The average molecular weight is 215 g/mol. The maximum atomic E-state index is 11.6. The van der Waals surface area contributed by atoms with E-state index in [2.05, 4.69) is 9.78 Å². The van der Waals surface area contributed by atoms with E-state index >= 15 is 0 Å². The number of hydrogen-bond donors (Lipinski definition) is 0. The van der Waals surface area contributed by atoms with Gasteiger partial charge in [0, 0.05) is 19.5 Å². The van der Waals surface area contributed by atoms with Gasteiger partial charge in [0.15, 0.2) is 0 Å². The molecule has 5 nitrogen and oxygen atoms in total. The lowest BCUT2D eigenvalue weighted by Crippen LogP contribution is -2.35. The molecule has 0 unspecified atom stereocenters. The second-order valence-electron chi connectivity index (χ2n) is 3.56. The van der Waals surface area contributed by atoms with Crippen LogP contribution in [0.25, 0.3) is 0 Å². The van der Waals surface area contributed by atoms with Crippen LogP contribution in [0.15, 0.2) is 0 Å². The molecule has 0 aliphatic carbocycles. The summed E-state index contributed by atoms with van der Waals surface area (Å²) in [5.41, 5.74) is 0. The quantitative estimate of drug-likeness (QED) is 0.286. The fourth-order valence-electron chi connectivity index (χ4n) is 1.66. The highest BCUT2D eigenvalue weighted by Crippen LogP contribution is 2.10. The molecule has 0 aromatic heterocycles. The molecule has 86 valence electrons. The minimum Gasteiger partial charge on any atom is -0.343 e. The summed E-state index contributed by atoms with van der Waals surface area (Å²) in [5.74, 6) is 0.171. The Morgan fingerprint density at radius 1 is 1.27 bits per heavy atom. The van der Waals surface area contributed by atoms with Gasteiger partial charge in [-0.25, -0.2) is 0 Å². The average Bonchev–Trinajstić information content (AvgIpc) is 2.30. The van der Waals surface area contributed by atoms with Crippen molar-refractivity contribution in [1.29, 1.82) is 0 Å². The highest BCUT2D eigenvalue weighted by Gasteiger charge is 2.15. The molecule has 0 spiro atoms. The van der Waals surface area contributed by atoms with E-state index in [9.17, 15) is 9.59 Å². The molecule has 1 amide bonds. The first-order valence-electron chi connectivity index (χ1n) is 5.34. The van der Waals surface area contributed by atoms with Crippen molar-refractivity contribution in [3.63, 3.8) is 0 Å². The maximum Gasteiger partial charge on any atom is 0.330 e. The Labute approximate surface area is 89.3 Å². The number of carbonyl (C=O) groups excluding carboxylic acids is 2. The van der Waals surface area contributed by atoms with Gasteiger partial charge in [-0.1, -0.05) is 0 Å². The largest absolute Gasteiger partial charge is 0.343 e. The van der Waals surface area contributed by atoms with Gasteiger partial charge < -0.3 is 9.79 Å². The predicted octanol–water partition coefficient (Wildman–Crippen LogP) is 0.884. The number of likely N-dealkylation sites (tertiary alicyclic amines) is 1. The lowest BCUT2D eigenvalue weighted by atomic mass is 10.1. The summed E-state index contributed by atoms with van der Waals surface area (Å²) in [5, 5.41) is 0. The first kappa shape index (κ1) is 12.0. The van der Waals surface area contributed by atoms with Crippen molar-refractivity contribution in [2.75, 3.05) is 19.7 Å². The molecule has 15 heavy (non-hydrogen) atoms. The molecule has 0 N–H and O–H groups in total. The normalized spacial score (nSPS) is 16.1. The second-order valence-corrected chi connectivity index (χ2v) is 3.56. The minimum atomic E-state index is 0.171. The van der Waals surface area contributed by atoms with E-state index in [1.807, 2.05) is 4.90 Å². The highest BCUT2D eigenvalue weighted by atomic mass is 17.2. The first-order valence-corrected chi connectivity index (χ1v) is 5.34. The molecule has 1 saturated heterocycles. The smallest absolute Gasteiger partial charge is 0.330 e. The number of amides is 1. The molecule has 1 fully saturated rings. The third-order valence-electron chi connectivity index (χ3n) is 2.43. The molecular weight excluding hydrogens is 198 g/mol. The summed E-state index contributed by atoms with van der Waals surface area (Å²) >= 11 is 0. The SMILES string of the molecule is O=COOCCCC(=O)N1CCCCC1. The number of carbonyl (C=O) groups is 2. The van der Waals surface area contributed by atoms with Crippen molar-refractivity contribution in [1.82, 2.24) is 4.90 Å². The monoisotopic (exact) mass is 215 g/mol. The van der Waals surface area contributed by atoms with Gasteiger partial charge in [-0.3, -0.25) is 9.59 Å². The van der Waals surface area contributed by atoms with E-state index in [0.29, 0.717) is 12.8 Å².